The number of amides is 1. The van der Waals surface area contributed by atoms with Gasteiger partial charge in [-0.15, -0.1) is 0 Å². The number of anilines is 1. The molecule has 0 saturated heterocycles. The Hall–Kier alpha value is -3.48. The maximum absolute atomic E-state index is 11.9. The Balaban J connectivity index is 1.55. The number of rotatable bonds is 6. The van der Waals surface area contributed by atoms with Gasteiger partial charge in [0.15, 0.2) is 0 Å². The van der Waals surface area contributed by atoms with Gasteiger partial charge >= 0.3 is 0 Å². The molecule has 0 spiro atoms. The van der Waals surface area contributed by atoms with Crippen molar-refractivity contribution in [2.75, 3.05) is 19.0 Å². The number of benzene rings is 2. The highest BCUT2D eigenvalue weighted by molar-refractivity contribution is 5.85. The molecular formula is C18H17N5O2. The summed E-state index contributed by atoms with van der Waals surface area (Å²) in [6.45, 7) is 0.0705. The number of ether oxygens (including phenoxy) is 1. The molecule has 0 aliphatic carbocycles. The third kappa shape index (κ3) is 4.29. The summed E-state index contributed by atoms with van der Waals surface area (Å²) in [6.07, 6.45) is 3.06. The van der Waals surface area contributed by atoms with Crippen LogP contribution in [0.4, 0.5) is 5.69 Å². The lowest BCUT2D eigenvalue weighted by Crippen LogP contribution is -2.26. The standard InChI is InChI=1S/C18H17N5O2/c1-25-17-9-5-4-8-16(17)20-12-18(24)23-21-11-13-10-19-14-6-2-3-7-15(14)22-13/h2-11,20H,12H2,1H3,(H,23,24)/b21-11-. The molecule has 2 aromatic carbocycles. The summed E-state index contributed by atoms with van der Waals surface area (Å²) in [6, 6.07) is 14.9. The average Bonchev–Trinajstić information content (AvgIpc) is 2.66. The number of hydrazone groups is 1. The van der Waals surface area contributed by atoms with Gasteiger partial charge in [-0.05, 0) is 24.3 Å². The molecule has 0 saturated carbocycles. The smallest absolute Gasteiger partial charge is 0.259 e. The summed E-state index contributed by atoms with van der Waals surface area (Å²) < 4.78 is 5.21. The molecule has 0 aliphatic rings. The highest BCUT2D eigenvalue weighted by Crippen LogP contribution is 2.22. The maximum atomic E-state index is 11.9. The Kier molecular flexibility index (Phi) is 5.16. The van der Waals surface area contributed by atoms with Crippen molar-refractivity contribution in [2.45, 2.75) is 0 Å². The van der Waals surface area contributed by atoms with Crippen LogP contribution < -0.4 is 15.5 Å². The largest absolute Gasteiger partial charge is 0.495 e. The summed E-state index contributed by atoms with van der Waals surface area (Å²) in [5.41, 5.74) is 5.34. The van der Waals surface area contributed by atoms with Gasteiger partial charge in [-0.25, -0.2) is 10.4 Å². The zero-order valence-electron chi connectivity index (χ0n) is 13.6. The molecule has 0 atom stereocenters. The van der Waals surface area contributed by atoms with Crippen LogP contribution in [0.25, 0.3) is 11.0 Å². The fourth-order valence-corrected chi connectivity index (χ4v) is 2.21. The Morgan fingerprint density at radius 1 is 1.16 bits per heavy atom. The number of methoxy groups -OCH3 is 1. The van der Waals surface area contributed by atoms with E-state index in [0.29, 0.717) is 11.4 Å². The first kappa shape index (κ1) is 16.4. The molecule has 2 N–H and O–H groups in total. The van der Waals surface area contributed by atoms with E-state index in [1.807, 2.05) is 48.5 Å². The van der Waals surface area contributed by atoms with E-state index in [1.165, 1.54) is 6.21 Å². The van der Waals surface area contributed by atoms with Gasteiger partial charge in [-0.3, -0.25) is 9.78 Å². The van der Waals surface area contributed by atoms with E-state index < -0.39 is 0 Å². The van der Waals surface area contributed by atoms with E-state index >= 15 is 0 Å². The van der Waals surface area contributed by atoms with Crippen molar-refractivity contribution in [2.24, 2.45) is 5.10 Å². The van der Waals surface area contributed by atoms with Crippen LogP contribution in [0.3, 0.4) is 0 Å². The number of carbonyl (C=O) groups is 1. The van der Waals surface area contributed by atoms with Crippen molar-refractivity contribution in [1.82, 2.24) is 15.4 Å². The molecular weight excluding hydrogens is 318 g/mol. The van der Waals surface area contributed by atoms with Gasteiger partial charge in [0.1, 0.15) is 11.4 Å². The minimum atomic E-state index is -0.282. The first-order valence-electron chi connectivity index (χ1n) is 7.67. The predicted molar refractivity (Wildman–Crippen MR) is 96.8 cm³/mol. The maximum Gasteiger partial charge on any atom is 0.259 e. The molecule has 1 heterocycles. The lowest BCUT2D eigenvalue weighted by atomic mass is 10.3. The summed E-state index contributed by atoms with van der Waals surface area (Å²) >= 11 is 0. The second-order valence-electron chi connectivity index (χ2n) is 5.13. The molecule has 25 heavy (non-hydrogen) atoms. The SMILES string of the molecule is COc1ccccc1NCC(=O)N/N=C\c1cnc2ccccc2n1. The first-order chi connectivity index (χ1) is 12.3. The third-order valence-corrected chi connectivity index (χ3v) is 3.40. The minimum Gasteiger partial charge on any atom is -0.495 e. The van der Waals surface area contributed by atoms with Gasteiger partial charge in [0, 0.05) is 0 Å². The Bertz CT molecular complexity index is 911. The van der Waals surface area contributed by atoms with Crippen molar-refractivity contribution in [3.05, 3.63) is 60.4 Å². The molecule has 1 aromatic heterocycles. The number of aromatic nitrogens is 2. The third-order valence-electron chi connectivity index (χ3n) is 3.40. The number of nitrogens with one attached hydrogen (secondary N) is 2. The number of hydrogen-bond acceptors (Lipinski definition) is 6. The molecule has 0 fully saturated rings. The van der Waals surface area contributed by atoms with Crippen molar-refractivity contribution < 1.29 is 9.53 Å². The second-order valence-corrected chi connectivity index (χ2v) is 5.13. The normalized spacial score (nSPS) is 10.8. The van der Waals surface area contributed by atoms with Crippen LogP contribution in [0.5, 0.6) is 5.75 Å². The van der Waals surface area contributed by atoms with Gasteiger partial charge in [0.25, 0.3) is 5.91 Å². The second kappa shape index (κ2) is 7.87. The molecule has 1 amide bonds. The number of carbonyl (C=O) groups excluding carboxylic acids is 1. The zero-order valence-corrected chi connectivity index (χ0v) is 13.6. The highest BCUT2D eigenvalue weighted by Gasteiger charge is 2.04. The van der Waals surface area contributed by atoms with Crippen molar-refractivity contribution >= 4 is 28.8 Å². The number of nitrogens with zero attached hydrogens (tertiary/aromatic N) is 3. The fourth-order valence-electron chi connectivity index (χ4n) is 2.21. The molecule has 0 aliphatic heterocycles. The van der Waals surface area contributed by atoms with Crippen LogP contribution in [0, 0.1) is 0 Å². The summed E-state index contributed by atoms with van der Waals surface area (Å²) in [5.74, 6) is 0.390. The summed E-state index contributed by atoms with van der Waals surface area (Å²) in [4.78, 5) is 20.5. The number of fused-ring (bicyclic) bond motifs is 1. The first-order valence-corrected chi connectivity index (χ1v) is 7.67. The van der Waals surface area contributed by atoms with Gasteiger partial charge in [0.05, 0.1) is 42.8 Å². The van der Waals surface area contributed by atoms with Crippen molar-refractivity contribution in [3.63, 3.8) is 0 Å². The molecule has 0 unspecified atom stereocenters. The highest BCUT2D eigenvalue weighted by atomic mass is 16.5. The Morgan fingerprint density at radius 3 is 2.76 bits per heavy atom. The summed E-state index contributed by atoms with van der Waals surface area (Å²) in [5, 5.41) is 6.90. The molecule has 3 aromatic rings. The van der Waals surface area contributed by atoms with Crippen LogP contribution in [0.15, 0.2) is 59.8 Å². The van der Waals surface area contributed by atoms with E-state index in [9.17, 15) is 4.79 Å². The Labute approximate surface area is 144 Å². The van der Waals surface area contributed by atoms with E-state index in [1.54, 1.807) is 13.3 Å². The molecule has 3 rings (SSSR count). The quantitative estimate of drug-likeness (QED) is 0.532. The van der Waals surface area contributed by atoms with Gasteiger partial charge in [-0.2, -0.15) is 5.10 Å². The van der Waals surface area contributed by atoms with Crippen LogP contribution in [-0.4, -0.2) is 35.7 Å². The fraction of sp³-hybridized carbons (Fsp3) is 0.111. The molecule has 7 nitrogen and oxygen atoms in total. The average molecular weight is 335 g/mol. The van der Waals surface area contributed by atoms with Gasteiger partial charge in [-0.1, -0.05) is 24.3 Å². The number of para-hydroxylation sites is 4. The molecule has 0 bridgehead atoms. The molecule has 126 valence electrons. The van der Waals surface area contributed by atoms with Crippen LogP contribution in [-0.2, 0) is 4.79 Å². The van der Waals surface area contributed by atoms with Crippen LogP contribution in [0.2, 0.25) is 0 Å². The van der Waals surface area contributed by atoms with Crippen molar-refractivity contribution in [1.29, 1.82) is 0 Å². The Morgan fingerprint density at radius 2 is 1.92 bits per heavy atom. The number of hydrogen-bond donors (Lipinski definition) is 2. The monoisotopic (exact) mass is 335 g/mol. The topological polar surface area (TPSA) is 88.5 Å². The van der Waals surface area contributed by atoms with E-state index in [2.05, 4.69) is 25.8 Å². The molecule has 7 heteroatoms. The van der Waals surface area contributed by atoms with Gasteiger partial charge < -0.3 is 10.1 Å². The van der Waals surface area contributed by atoms with Crippen LogP contribution >= 0.6 is 0 Å². The van der Waals surface area contributed by atoms with Gasteiger partial charge in [0.2, 0.25) is 0 Å². The van der Waals surface area contributed by atoms with Crippen LogP contribution in [0.1, 0.15) is 5.69 Å². The lowest BCUT2D eigenvalue weighted by molar-refractivity contribution is -0.119. The molecule has 0 radical (unpaired) electrons. The predicted octanol–water partition coefficient (Wildman–Crippen LogP) is 2.20. The minimum absolute atomic E-state index is 0.0705. The van der Waals surface area contributed by atoms with E-state index in [-0.39, 0.29) is 12.5 Å². The lowest BCUT2D eigenvalue weighted by Gasteiger charge is -2.09. The van der Waals surface area contributed by atoms with E-state index in [4.69, 9.17) is 4.74 Å². The zero-order chi connectivity index (χ0) is 17.5. The van der Waals surface area contributed by atoms with Crippen molar-refractivity contribution in [3.8, 4) is 5.75 Å². The van der Waals surface area contributed by atoms with E-state index in [0.717, 1.165) is 16.7 Å². The summed E-state index contributed by atoms with van der Waals surface area (Å²) in [7, 11) is 1.58.